The fraction of sp³-hybridized carbons (Fsp3) is 0.400. The van der Waals surface area contributed by atoms with Gasteiger partial charge in [-0.2, -0.15) is 0 Å². The highest BCUT2D eigenvalue weighted by atomic mass is 16.4. The fourth-order valence-electron chi connectivity index (χ4n) is 1.70. The summed E-state index contributed by atoms with van der Waals surface area (Å²) < 4.78 is 5.70. The zero-order valence-electron chi connectivity index (χ0n) is 12.2. The van der Waals surface area contributed by atoms with Crippen molar-refractivity contribution in [1.29, 1.82) is 0 Å². The van der Waals surface area contributed by atoms with Gasteiger partial charge in [-0.3, -0.25) is 9.78 Å². The van der Waals surface area contributed by atoms with Crippen LogP contribution in [0.5, 0.6) is 0 Å². The lowest BCUT2D eigenvalue weighted by Crippen LogP contribution is -2.14. The Morgan fingerprint density at radius 1 is 1.40 bits per heavy atom. The van der Waals surface area contributed by atoms with Crippen molar-refractivity contribution in [2.45, 2.75) is 39.5 Å². The Balaban J connectivity index is 2.07. The van der Waals surface area contributed by atoms with Gasteiger partial charge in [-0.05, 0) is 19.1 Å². The van der Waals surface area contributed by atoms with E-state index in [1.54, 1.807) is 24.5 Å². The highest BCUT2D eigenvalue weighted by Crippen LogP contribution is 2.24. The number of carbonyl (C=O) groups excluding carboxylic acids is 1. The van der Waals surface area contributed by atoms with Crippen LogP contribution in [0, 0.1) is 6.92 Å². The van der Waals surface area contributed by atoms with Gasteiger partial charge in [-0.1, -0.05) is 20.8 Å². The second-order valence-corrected chi connectivity index (χ2v) is 5.74. The fourth-order valence-corrected chi connectivity index (χ4v) is 1.70. The Kier molecular flexibility index (Phi) is 3.88. The molecule has 0 bridgehead atoms. The molecule has 2 rings (SSSR count). The summed E-state index contributed by atoms with van der Waals surface area (Å²) >= 11 is 0. The Labute approximate surface area is 118 Å². The van der Waals surface area contributed by atoms with Crippen molar-refractivity contribution >= 4 is 11.6 Å². The van der Waals surface area contributed by atoms with Crippen LogP contribution in [-0.2, 0) is 16.6 Å². The summed E-state index contributed by atoms with van der Waals surface area (Å²) in [6.45, 7) is 7.93. The maximum Gasteiger partial charge on any atom is 0.232 e. The summed E-state index contributed by atoms with van der Waals surface area (Å²) in [4.78, 5) is 20.3. The van der Waals surface area contributed by atoms with E-state index in [9.17, 15) is 4.79 Å². The van der Waals surface area contributed by atoms with Gasteiger partial charge in [0.1, 0.15) is 5.76 Å². The van der Waals surface area contributed by atoms with Crippen LogP contribution < -0.4 is 5.32 Å². The van der Waals surface area contributed by atoms with Crippen LogP contribution in [-0.4, -0.2) is 15.9 Å². The zero-order valence-corrected chi connectivity index (χ0v) is 12.2. The predicted octanol–water partition coefficient (Wildman–Crippen LogP) is 2.86. The van der Waals surface area contributed by atoms with Crippen LogP contribution in [0.4, 0.5) is 5.69 Å². The molecule has 5 nitrogen and oxygen atoms in total. The number of oxazole rings is 1. The van der Waals surface area contributed by atoms with Crippen molar-refractivity contribution in [2.24, 2.45) is 0 Å². The highest BCUT2D eigenvalue weighted by molar-refractivity contribution is 5.91. The molecule has 0 aliphatic heterocycles. The molecule has 2 aromatic rings. The van der Waals surface area contributed by atoms with Crippen LogP contribution in [0.3, 0.4) is 0 Å². The molecule has 0 atom stereocenters. The van der Waals surface area contributed by atoms with Crippen LogP contribution in [0.15, 0.2) is 28.9 Å². The average Bonchev–Trinajstić information content (AvgIpc) is 2.72. The number of hydrogen-bond acceptors (Lipinski definition) is 4. The van der Waals surface area contributed by atoms with Crippen LogP contribution >= 0.6 is 0 Å². The van der Waals surface area contributed by atoms with Gasteiger partial charge in [0.25, 0.3) is 0 Å². The van der Waals surface area contributed by atoms with E-state index in [4.69, 9.17) is 4.42 Å². The first-order valence-corrected chi connectivity index (χ1v) is 6.53. The molecule has 106 valence electrons. The zero-order chi connectivity index (χ0) is 14.8. The van der Waals surface area contributed by atoms with E-state index in [2.05, 4.69) is 15.3 Å². The van der Waals surface area contributed by atoms with E-state index >= 15 is 0 Å². The molecular formula is C15H19N3O2. The Bertz CT molecular complexity index is 597. The molecule has 0 radical (unpaired) electrons. The van der Waals surface area contributed by atoms with Crippen molar-refractivity contribution < 1.29 is 9.21 Å². The lowest BCUT2D eigenvalue weighted by Gasteiger charge is -2.12. The Morgan fingerprint density at radius 3 is 2.70 bits per heavy atom. The number of pyridine rings is 1. The summed E-state index contributed by atoms with van der Waals surface area (Å²) in [7, 11) is 0. The summed E-state index contributed by atoms with van der Waals surface area (Å²) in [6, 6.07) is 3.56. The predicted molar refractivity (Wildman–Crippen MR) is 76.5 cm³/mol. The molecule has 5 heteroatoms. The van der Waals surface area contributed by atoms with Gasteiger partial charge in [0.2, 0.25) is 5.91 Å². The minimum Gasteiger partial charge on any atom is -0.444 e. The number of nitrogens with one attached hydrogen (secondary N) is 1. The molecule has 0 unspecified atom stereocenters. The van der Waals surface area contributed by atoms with Crippen LogP contribution in [0.2, 0.25) is 0 Å². The number of anilines is 1. The lowest BCUT2D eigenvalue weighted by molar-refractivity contribution is -0.115. The molecule has 0 aromatic carbocycles. The summed E-state index contributed by atoms with van der Waals surface area (Å²) in [5.74, 6) is 1.12. The number of carbonyl (C=O) groups is 1. The number of nitrogens with zero attached hydrogens (tertiary/aromatic N) is 2. The molecule has 2 aromatic heterocycles. The minimum atomic E-state index is -0.164. The van der Waals surface area contributed by atoms with E-state index in [1.807, 2.05) is 27.7 Å². The van der Waals surface area contributed by atoms with E-state index in [-0.39, 0.29) is 17.7 Å². The number of hydrogen-bond donors (Lipinski definition) is 1. The maximum absolute atomic E-state index is 12.0. The first-order chi connectivity index (χ1) is 9.36. The standard InChI is InChI=1S/C15H19N3O2/c1-10-12(20-14(17-10)15(2,3)4)8-13(19)18-11-6-5-7-16-9-11/h5-7,9H,8H2,1-4H3,(H,18,19). The molecule has 1 N–H and O–H groups in total. The van der Waals surface area contributed by atoms with Gasteiger partial charge in [0.15, 0.2) is 5.89 Å². The number of aromatic nitrogens is 2. The van der Waals surface area contributed by atoms with E-state index < -0.39 is 0 Å². The van der Waals surface area contributed by atoms with Crippen LogP contribution in [0.1, 0.15) is 38.1 Å². The molecule has 0 spiro atoms. The quantitative estimate of drug-likeness (QED) is 0.933. The Morgan fingerprint density at radius 2 is 2.15 bits per heavy atom. The maximum atomic E-state index is 12.0. The van der Waals surface area contributed by atoms with E-state index in [0.717, 1.165) is 5.69 Å². The lowest BCUT2D eigenvalue weighted by atomic mass is 9.97. The normalized spacial score (nSPS) is 11.4. The molecule has 20 heavy (non-hydrogen) atoms. The molecular weight excluding hydrogens is 254 g/mol. The smallest absolute Gasteiger partial charge is 0.232 e. The van der Waals surface area contributed by atoms with Gasteiger partial charge >= 0.3 is 0 Å². The van der Waals surface area contributed by atoms with Gasteiger partial charge in [-0.15, -0.1) is 0 Å². The van der Waals surface area contributed by atoms with Crippen molar-refractivity contribution in [3.05, 3.63) is 41.9 Å². The summed E-state index contributed by atoms with van der Waals surface area (Å²) in [6.07, 6.45) is 3.43. The van der Waals surface area contributed by atoms with Crippen molar-refractivity contribution in [1.82, 2.24) is 9.97 Å². The van der Waals surface area contributed by atoms with Gasteiger partial charge in [0.05, 0.1) is 24.0 Å². The molecule has 0 saturated heterocycles. The minimum absolute atomic E-state index is 0.141. The third kappa shape index (κ3) is 3.44. The SMILES string of the molecule is Cc1nc(C(C)(C)C)oc1CC(=O)Nc1cccnc1. The van der Waals surface area contributed by atoms with E-state index in [0.29, 0.717) is 17.3 Å². The molecule has 0 aliphatic carbocycles. The van der Waals surface area contributed by atoms with E-state index in [1.165, 1.54) is 0 Å². The average molecular weight is 273 g/mol. The Hall–Kier alpha value is -2.17. The molecule has 0 aliphatic rings. The first-order valence-electron chi connectivity index (χ1n) is 6.53. The third-order valence-corrected chi connectivity index (χ3v) is 2.80. The van der Waals surface area contributed by atoms with Crippen molar-refractivity contribution in [3.63, 3.8) is 0 Å². The molecule has 1 amide bonds. The van der Waals surface area contributed by atoms with Gasteiger partial charge in [-0.25, -0.2) is 4.98 Å². The number of rotatable bonds is 3. The first kappa shape index (κ1) is 14.2. The third-order valence-electron chi connectivity index (χ3n) is 2.80. The van der Waals surface area contributed by atoms with Gasteiger partial charge < -0.3 is 9.73 Å². The summed E-state index contributed by atoms with van der Waals surface area (Å²) in [5, 5.41) is 2.78. The molecule has 0 saturated carbocycles. The number of amides is 1. The number of aryl methyl sites for hydroxylation is 1. The second-order valence-electron chi connectivity index (χ2n) is 5.74. The van der Waals surface area contributed by atoms with Crippen LogP contribution in [0.25, 0.3) is 0 Å². The topological polar surface area (TPSA) is 68.0 Å². The highest BCUT2D eigenvalue weighted by Gasteiger charge is 2.23. The monoisotopic (exact) mass is 273 g/mol. The van der Waals surface area contributed by atoms with Gasteiger partial charge in [0, 0.05) is 11.6 Å². The largest absolute Gasteiger partial charge is 0.444 e. The van der Waals surface area contributed by atoms with Crippen molar-refractivity contribution in [3.8, 4) is 0 Å². The second kappa shape index (κ2) is 5.45. The molecule has 2 heterocycles. The summed E-state index contributed by atoms with van der Waals surface area (Å²) in [5.41, 5.74) is 1.27. The van der Waals surface area contributed by atoms with Crippen molar-refractivity contribution in [2.75, 3.05) is 5.32 Å². The molecule has 0 fully saturated rings.